The Labute approximate surface area is 96.5 Å². The third kappa shape index (κ3) is 2.34. The lowest BCUT2D eigenvalue weighted by Crippen LogP contribution is -2.43. The topological polar surface area (TPSA) is 53.0 Å². The van der Waals surface area contributed by atoms with E-state index in [1.165, 1.54) is 11.3 Å². The number of fused-ring (bicyclic) bond motifs is 1. The first-order chi connectivity index (χ1) is 7.81. The van der Waals surface area contributed by atoms with Crippen LogP contribution in [0.5, 0.6) is 0 Å². The highest BCUT2D eigenvalue weighted by molar-refractivity contribution is 5.56. The van der Waals surface area contributed by atoms with E-state index in [0.717, 1.165) is 25.9 Å². The Bertz CT molecular complexity index is 394. The molecule has 3 nitrogen and oxygen atoms in total. The number of nitrogens with zero attached hydrogens (tertiary/aromatic N) is 2. The molecule has 1 aromatic rings. The van der Waals surface area contributed by atoms with E-state index in [0.29, 0.717) is 6.42 Å². The van der Waals surface area contributed by atoms with Gasteiger partial charge in [0.1, 0.15) is 0 Å². The van der Waals surface area contributed by atoms with Crippen LogP contribution in [-0.4, -0.2) is 19.1 Å². The number of benzene rings is 1. The quantitative estimate of drug-likeness (QED) is 0.780. The first-order valence-electron chi connectivity index (χ1n) is 5.76. The summed E-state index contributed by atoms with van der Waals surface area (Å²) in [5.41, 5.74) is 8.66. The maximum atomic E-state index is 8.55. The van der Waals surface area contributed by atoms with Crippen molar-refractivity contribution in [3.63, 3.8) is 0 Å². The van der Waals surface area contributed by atoms with Crippen LogP contribution >= 0.6 is 0 Å². The largest absolute Gasteiger partial charge is 0.370 e. The molecule has 1 aliphatic rings. The molecule has 0 aromatic heterocycles. The van der Waals surface area contributed by atoms with Gasteiger partial charge in [0.15, 0.2) is 0 Å². The van der Waals surface area contributed by atoms with E-state index < -0.39 is 0 Å². The summed E-state index contributed by atoms with van der Waals surface area (Å²) in [6, 6.07) is 10.8. The predicted molar refractivity (Wildman–Crippen MR) is 65.2 cm³/mol. The van der Waals surface area contributed by atoms with Gasteiger partial charge < -0.3 is 10.6 Å². The molecule has 0 fully saturated rings. The van der Waals surface area contributed by atoms with Crippen LogP contribution in [0.2, 0.25) is 0 Å². The van der Waals surface area contributed by atoms with Gasteiger partial charge in [0.05, 0.1) is 6.07 Å². The van der Waals surface area contributed by atoms with Gasteiger partial charge in [0.2, 0.25) is 0 Å². The molecule has 1 unspecified atom stereocenters. The maximum absolute atomic E-state index is 8.55. The summed E-state index contributed by atoms with van der Waals surface area (Å²) in [7, 11) is 0. The Morgan fingerprint density at radius 1 is 1.44 bits per heavy atom. The van der Waals surface area contributed by atoms with E-state index in [4.69, 9.17) is 11.0 Å². The molecule has 0 saturated carbocycles. The molecule has 0 saturated heterocycles. The Balaban J connectivity index is 2.11. The van der Waals surface area contributed by atoms with E-state index in [2.05, 4.69) is 35.2 Å². The van der Waals surface area contributed by atoms with Crippen LogP contribution in [0, 0.1) is 11.3 Å². The van der Waals surface area contributed by atoms with Crippen LogP contribution in [0.4, 0.5) is 5.69 Å². The van der Waals surface area contributed by atoms with Crippen molar-refractivity contribution in [2.24, 2.45) is 5.73 Å². The van der Waals surface area contributed by atoms with Crippen LogP contribution in [0.15, 0.2) is 24.3 Å². The molecule has 1 aromatic carbocycles. The molecular weight excluding hydrogens is 198 g/mol. The van der Waals surface area contributed by atoms with E-state index in [9.17, 15) is 0 Å². The van der Waals surface area contributed by atoms with Crippen LogP contribution in [0.25, 0.3) is 0 Å². The zero-order valence-corrected chi connectivity index (χ0v) is 9.39. The Morgan fingerprint density at radius 2 is 2.25 bits per heavy atom. The van der Waals surface area contributed by atoms with Gasteiger partial charge in [-0.2, -0.15) is 5.26 Å². The Kier molecular flexibility index (Phi) is 3.43. The second kappa shape index (κ2) is 5.00. The number of nitriles is 1. The van der Waals surface area contributed by atoms with Gasteiger partial charge in [-0.05, 0) is 24.5 Å². The molecule has 0 spiro atoms. The molecule has 0 amide bonds. The van der Waals surface area contributed by atoms with Gasteiger partial charge in [-0.1, -0.05) is 18.2 Å². The number of hydrogen-bond donors (Lipinski definition) is 1. The SMILES string of the molecule is N#CCCCN1CC(N)Cc2ccccc21. The molecule has 0 aliphatic carbocycles. The first kappa shape index (κ1) is 11.0. The fourth-order valence-corrected chi connectivity index (χ4v) is 2.28. The Morgan fingerprint density at radius 3 is 3.06 bits per heavy atom. The van der Waals surface area contributed by atoms with Crippen molar-refractivity contribution in [1.29, 1.82) is 5.26 Å². The minimum Gasteiger partial charge on any atom is -0.370 e. The number of anilines is 1. The molecule has 84 valence electrons. The summed E-state index contributed by atoms with van der Waals surface area (Å²) in [6.45, 7) is 1.83. The zero-order chi connectivity index (χ0) is 11.4. The van der Waals surface area contributed by atoms with E-state index in [-0.39, 0.29) is 6.04 Å². The maximum Gasteiger partial charge on any atom is 0.0622 e. The lowest BCUT2D eigenvalue weighted by Gasteiger charge is -2.34. The van der Waals surface area contributed by atoms with Crippen LogP contribution < -0.4 is 10.6 Å². The number of nitrogens with two attached hydrogens (primary N) is 1. The van der Waals surface area contributed by atoms with Crippen molar-refractivity contribution in [2.45, 2.75) is 25.3 Å². The van der Waals surface area contributed by atoms with E-state index in [1.807, 2.05) is 0 Å². The summed E-state index contributed by atoms with van der Waals surface area (Å²) in [4.78, 5) is 2.31. The summed E-state index contributed by atoms with van der Waals surface area (Å²) in [6.07, 6.45) is 2.50. The average Bonchev–Trinajstić information content (AvgIpc) is 2.29. The summed E-state index contributed by atoms with van der Waals surface area (Å²) < 4.78 is 0. The van der Waals surface area contributed by atoms with Gasteiger partial charge in [-0.3, -0.25) is 0 Å². The van der Waals surface area contributed by atoms with Crippen molar-refractivity contribution < 1.29 is 0 Å². The number of para-hydroxylation sites is 1. The highest BCUT2D eigenvalue weighted by Gasteiger charge is 2.20. The van der Waals surface area contributed by atoms with Crippen molar-refractivity contribution >= 4 is 5.69 Å². The van der Waals surface area contributed by atoms with Gasteiger partial charge in [0, 0.05) is 31.2 Å². The minimum atomic E-state index is 0.219. The lowest BCUT2D eigenvalue weighted by atomic mass is 9.98. The standard InChI is InChI=1S/C13H17N3/c14-7-3-4-8-16-10-12(15)9-11-5-1-2-6-13(11)16/h1-2,5-6,12H,3-4,8-10,15H2. The van der Waals surface area contributed by atoms with Crippen molar-refractivity contribution in [1.82, 2.24) is 0 Å². The minimum absolute atomic E-state index is 0.219. The van der Waals surface area contributed by atoms with Crippen molar-refractivity contribution in [3.8, 4) is 6.07 Å². The molecule has 2 N–H and O–H groups in total. The summed E-state index contributed by atoms with van der Waals surface area (Å²) in [5, 5.41) is 8.55. The number of rotatable bonds is 3. The normalized spacial score (nSPS) is 19.0. The van der Waals surface area contributed by atoms with Gasteiger partial charge in [0.25, 0.3) is 0 Å². The molecule has 2 rings (SSSR count). The fraction of sp³-hybridized carbons (Fsp3) is 0.462. The zero-order valence-electron chi connectivity index (χ0n) is 9.39. The van der Waals surface area contributed by atoms with Gasteiger partial charge in [-0.15, -0.1) is 0 Å². The fourth-order valence-electron chi connectivity index (χ4n) is 2.28. The lowest BCUT2D eigenvalue weighted by molar-refractivity contribution is 0.591. The summed E-state index contributed by atoms with van der Waals surface area (Å²) in [5.74, 6) is 0. The number of unbranched alkanes of at least 4 members (excludes halogenated alkanes) is 1. The smallest absolute Gasteiger partial charge is 0.0622 e. The predicted octanol–water partition coefficient (Wildman–Crippen LogP) is 1.68. The molecule has 3 heteroatoms. The average molecular weight is 215 g/mol. The van der Waals surface area contributed by atoms with E-state index >= 15 is 0 Å². The van der Waals surface area contributed by atoms with Gasteiger partial charge >= 0.3 is 0 Å². The van der Waals surface area contributed by atoms with Crippen molar-refractivity contribution in [3.05, 3.63) is 29.8 Å². The highest BCUT2D eigenvalue weighted by Crippen LogP contribution is 2.26. The second-order valence-electron chi connectivity index (χ2n) is 4.30. The molecule has 1 atom stereocenters. The third-order valence-corrected chi connectivity index (χ3v) is 2.99. The highest BCUT2D eigenvalue weighted by atomic mass is 15.1. The summed E-state index contributed by atoms with van der Waals surface area (Å²) >= 11 is 0. The third-order valence-electron chi connectivity index (χ3n) is 2.99. The molecule has 0 bridgehead atoms. The van der Waals surface area contributed by atoms with Crippen LogP contribution in [0.3, 0.4) is 0 Å². The second-order valence-corrected chi connectivity index (χ2v) is 4.30. The van der Waals surface area contributed by atoms with Crippen molar-refractivity contribution in [2.75, 3.05) is 18.0 Å². The Hall–Kier alpha value is -1.53. The first-order valence-corrected chi connectivity index (χ1v) is 5.76. The van der Waals surface area contributed by atoms with Crippen LogP contribution in [0.1, 0.15) is 18.4 Å². The number of hydrogen-bond acceptors (Lipinski definition) is 3. The molecule has 16 heavy (non-hydrogen) atoms. The monoisotopic (exact) mass is 215 g/mol. The molecule has 1 aliphatic heterocycles. The molecule has 1 heterocycles. The van der Waals surface area contributed by atoms with E-state index in [1.54, 1.807) is 0 Å². The molecular formula is C13H17N3. The van der Waals surface area contributed by atoms with Gasteiger partial charge in [-0.25, -0.2) is 0 Å². The van der Waals surface area contributed by atoms with Crippen LogP contribution in [-0.2, 0) is 6.42 Å². The molecule has 0 radical (unpaired) electrons.